The summed E-state index contributed by atoms with van der Waals surface area (Å²) in [6.45, 7) is 6.25. The average molecular weight is 810 g/mol. The van der Waals surface area contributed by atoms with Gasteiger partial charge in [0.25, 0.3) is 0 Å². The van der Waals surface area contributed by atoms with Crippen molar-refractivity contribution in [2.45, 2.75) is 50.5 Å². The summed E-state index contributed by atoms with van der Waals surface area (Å²) in [5.41, 5.74) is 3.21. The quantitative estimate of drug-likeness (QED) is 0.171. The van der Waals surface area contributed by atoms with Crippen LogP contribution in [0.1, 0.15) is 43.0 Å². The van der Waals surface area contributed by atoms with E-state index in [1.807, 2.05) is 0 Å². The fourth-order valence-electron chi connectivity index (χ4n) is 9.82. The van der Waals surface area contributed by atoms with Gasteiger partial charge in [-0.05, 0) is 87.6 Å². The van der Waals surface area contributed by atoms with Gasteiger partial charge in [0, 0.05) is 5.41 Å². The van der Waals surface area contributed by atoms with Crippen molar-refractivity contribution >= 4 is 61.7 Å². The Balaban J connectivity index is 0.00000124. The number of rotatable bonds is 2. The summed E-state index contributed by atoms with van der Waals surface area (Å²) in [6, 6.07) is 50.0. The van der Waals surface area contributed by atoms with Crippen molar-refractivity contribution in [3.05, 3.63) is 168 Å². The van der Waals surface area contributed by atoms with Crippen molar-refractivity contribution in [3.63, 3.8) is 0 Å². The molecule has 56 heavy (non-hydrogen) atoms. The Morgan fingerprint density at radius 2 is 0.696 bits per heavy atom. The van der Waals surface area contributed by atoms with Crippen molar-refractivity contribution in [1.82, 2.24) is 0 Å². The van der Waals surface area contributed by atoms with E-state index in [9.17, 15) is 10.2 Å². The number of hydrogen-bond acceptors (Lipinski definition) is 4. The van der Waals surface area contributed by atoms with Crippen LogP contribution in [0.15, 0.2) is 146 Å². The Hall–Kier alpha value is -4.07. The summed E-state index contributed by atoms with van der Waals surface area (Å²) < 4.78 is 14.2. The first-order chi connectivity index (χ1) is 27.1. The third kappa shape index (κ3) is 5.05. The van der Waals surface area contributed by atoms with Gasteiger partial charge in [0.2, 0.25) is 0 Å². The number of benzene rings is 8. The summed E-state index contributed by atoms with van der Waals surface area (Å²) in [7, 11) is 9.78. The van der Waals surface area contributed by atoms with Crippen LogP contribution < -0.4 is 0 Å². The van der Waals surface area contributed by atoms with E-state index in [0.29, 0.717) is 0 Å². The minimum atomic E-state index is -1.67. The molecule has 1 fully saturated rings. The standard InChI is InChI=1S/C49H38O4.2ClH.Ti/c1-47(2,3)46-52-44(48(50)36-24-20-28-12-4-8-16-32(28)40(36)41-33-17-9-5-13-29(33)21-25-37(41)48)45(53-46)49(51)38-26-22-30-14-6-10-18-34(30)42(38)43-35-19-11-7-15-31(35)23-27-39(43)49;;;/h4-27,44-46,50-51H,1-3H3;2*1H;/q;;;+2/p-2/t44-,45-;;;/m1.../s1. The molecule has 276 valence electrons. The molecular formula is C49H38Cl2O4Ti. The van der Waals surface area contributed by atoms with Crippen LogP contribution in [-0.2, 0) is 37.7 Å². The molecule has 0 unspecified atom stereocenters. The van der Waals surface area contributed by atoms with Gasteiger partial charge >= 0.3 is 35.6 Å². The second-order valence-electron chi connectivity index (χ2n) is 16.3. The maximum absolute atomic E-state index is 13.9. The number of aliphatic hydroxyl groups is 2. The van der Waals surface area contributed by atoms with E-state index < -0.39 is 52.1 Å². The molecule has 7 heteroatoms. The monoisotopic (exact) mass is 808 g/mol. The second kappa shape index (κ2) is 13.2. The molecule has 0 aromatic heterocycles. The molecule has 0 radical (unpaired) electrons. The summed E-state index contributed by atoms with van der Waals surface area (Å²) >= 11 is -0.556. The van der Waals surface area contributed by atoms with E-state index in [1.165, 1.54) is 0 Å². The number of fused-ring (bicyclic) bond motifs is 14. The summed E-state index contributed by atoms with van der Waals surface area (Å²) in [5, 5.41) is 36.4. The van der Waals surface area contributed by atoms with Crippen molar-refractivity contribution in [1.29, 1.82) is 0 Å². The van der Waals surface area contributed by atoms with Gasteiger partial charge in [-0.25, -0.2) is 0 Å². The molecular weight excluding hydrogens is 771 g/mol. The molecule has 4 nitrogen and oxygen atoms in total. The van der Waals surface area contributed by atoms with Crippen LogP contribution >= 0.6 is 18.6 Å². The Morgan fingerprint density at radius 3 is 0.946 bits per heavy atom. The van der Waals surface area contributed by atoms with E-state index >= 15 is 0 Å². The maximum atomic E-state index is 13.9. The van der Waals surface area contributed by atoms with Crippen LogP contribution in [0.4, 0.5) is 0 Å². The predicted octanol–water partition coefficient (Wildman–Crippen LogP) is 12.0. The summed E-state index contributed by atoms with van der Waals surface area (Å²) in [5.74, 6) is 0. The molecule has 2 aliphatic carbocycles. The second-order valence-corrected chi connectivity index (χ2v) is 18.8. The average Bonchev–Trinajstić information content (AvgIpc) is 3.88. The van der Waals surface area contributed by atoms with Crippen LogP contribution in [-0.4, -0.2) is 28.7 Å². The van der Waals surface area contributed by atoms with Crippen LogP contribution in [0.5, 0.6) is 0 Å². The molecule has 0 amide bonds. The van der Waals surface area contributed by atoms with Crippen molar-refractivity contribution in [2.24, 2.45) is 5.41 Å². The van der Waals surface area contributed by atoms with Gasteiger partial charge < -0.3 is 19.7 Å². The minimum absolute atomic E-state index is 0.464. The van der Waals surface area contributed by atoms with Crippen LogP contribution in [0.3, 0.4) is 0 Å². The zero-order chi connectivity index (χ0) is 38.6. The van der Waals surface area contributed by atoms with E-state index in [4.69, 9.17) is 28.1 Å². The van der Waals surface area contributed by atoms with Gasteiger partial charge in [0.1, 0.15) is 23.4 Å². The topological polar surface area (TPSA) is 58.9 Å². The Kier molecular flexibility index (Phi) is 8.58. The van der Waals surface area contributed by atoms with Crippen molar-refractivity contribution in [3.8, 4) is 22.3 Å². The molecule has 0 spiro atoms. The van der Waals surface area contributed by atoms with Gasteiger partial charge in [0.05, 0.1) is 0 Å². The van der Waals surface area contributed by atoms with Gasteiger partial charge in [-0.3, -0.25) is 0 Å². The molecule has 1 saturated heterocycles. The van der Waals surface area contributed by atoms with Gasteiger partial charge in [0.15, 0.2) is 6.29 Å². The van der Waals surface area contributed by atoms with E-state index in [-0.39, 0.29) is 0 Å². The molecule has 11 rings (SSSR count). The normalized spacial score (nSPS) is 19.1. The van der Waals surface area contributed by atoms with E-state index in [2.05, 4.69) is 166 Å². The number of halogens is 2. The first-order valence-electron chi connectivity index (χ1n) is 18.9. The first kappa shape index (κ1) is 36.3. The zero-order valence-corrected chi connectivity index (χ0v) is 34.1. The van der Waals surface area contributed by atoms with Crippen LogP contribution in [0.2, 0.25) is 0 Å². The molecule has 1 aliphatic heterocycles. The predicted molar refractivity (Wildman–Crippen MR) is 224 cm³/mol. The molecule has 8 aromatic carbocycles. The first-order valence-corrected chi connectivity index (χ1v) is 23.2. The fourth-order valence-corrected chi connectivity index (χ4v) is 9.82. The Morgan fingerprint density at radius 1 is 0.446 bits per heavy atom. The third-order valence-electron chi connectivity index (χ3n) is 12.2. The van der Waals surface area contributed by atoms with Gasteiger partial charge in [-0.1, -0.05) is 166 Å². The Bertz CT molecular complexity index is 2520. The molecule has 0 bridgehead atoms. The number of hydrogen-bond donors (Lipinski definition) is 2. The molecule has 8 aromatic rings. The molecule has 3 aliphatic rings. The van der Waals surface area contributed by atoms with Crippen LogP contribution in [0, 0.1) is 5.41 Å². The van der Waals surface area contributed by atoms with Crippen molar-refractivity contribution in [2.75, 3.05) is 0 Å². The van der Waals surface area contributed by atoms with E-state index in [0.717, 1.165) is 87.6 Å². The van der Waals surface area contributed by atoms with Crippen molar-refractivity contribution < 1.29 is 36.7 Å². The van der Waals surface area contributed by atoms with Gasteiger partial charge in [-0.2, -0.15) is 0 Å². The molecule has 2 atom stereocenters. The van der Waals surface area contributed by atoms with Crippen LogP contribution in [0.25, 0.3) is 65.3 Å². The SMILES string of the molecule is CC(C)(C)C1O[C@@H](C2(O)c3ccc4ccccc4c3-c3c2ccc2ccccc32)[C@H](C2(O)c3ccc4ccccc4c3-c3c2ccc2ccccc32)O1.[Cl][Ti][Cl]. The Labute approximate surface area is 342 Å². The number of ether oxygens (including phenoxy) is 2. The van der Waals surface area contributed by atoms with Gasteiger partial charge in [-0.15, -0.1) is 0 Å². The fraction of sp³-hybridized carbons (Fsp3) is 0.184. The zero-order valence-electron chi connectivity index (χ0n) is 31.1. The molecule has 1 heterocycles. The summed E-state index contributed by atoms with van der Waals surface area (Å²) in [6.07, 6.45) is -2.70. The summed E-state index contributed by atoms with van der Waals surface area (Å²) in [4.78, 5) is 0. The third-order valence-corrected chi connectivity index (χ3v) is 12.2. The van der Waals surface area contributed by atoms with E-state index in [1.54, 1.807) is 0 Å². The molecule has 2 N–H and O–H groups in total. The molecule has 0 saturated carbocycles.